The molecule has 0 fully saturated rings. The van der Waals surface area contributed by atoms with Crippen molar-refractivity contribution in [2.45, 2.75) is 32.6 Å². The molecule has 0 aliphatic heterocycles. The molecule has 1 aromatic carbocycles. The Hall–Kier alpha value is -1.58. The molecule has 0 saturated heterocycles. The van der Waals surface area contributed by atoms with Crippen LogP contribution in [0.1, 0.15) is 31.7 Å². The van der Waals surface area contributed by atoms with Crippen molar-refractivity contribution >= 4 is 5.91 Å². The smallest absolute Gasteiger partial charge is 0.219 e. The molecule has 0 aliphatic rings. The number of aryl methyl sites for hydroxylation is 1. The monoisotopic (exact) mass is 253 g/mol. The first-order valence-electron chi connectivity index (χ1n) is 6.26. The molecule has 1 rings (SSSR count). The van der Waals surface area contributed by atoms with Gasteiger partial charge in [-0.25, -0.2) is 4.39 Å². The van der Waals surface area contributed by atoms with Gasteiger partial charge >= 0.3 is 0 Å². The zero-order valence-electron chi connectivity index (χ0n) is 11.0. The Kier molecular flexibility index (Phi) is 6.19. The van der Waals surface area contributed by atoms with E-state index in [1.165, 1.54) is 13.2 Å². The minimum atomic E-state index is -0.343. The van der Waals surface area contributed by atoms with Gasteiger partial charge in [0.05, 0.1) is 7.11 Å². The van der Waals surface area contributed by atoms with Crippen molar-refractivity contribution in [1.29, 1.82) is 0 Å². The fourth-order valence-corrected chi connectivity index (χ4v) is 1.70. The zero-order valence-corrected chi connectivity index (χ0v) is 11.0. The van der Waals surface area contributed by atoms with Gasteiger partial charge in [0, 0.05) is 13.0 Å². The molecule has 0 saturated carbocycles. The molecule has 1 N–H and O–H groups in total. The highest BCUT2D eigenvalue weighted by atomic mass is 19.1. The quantitative estimate of drug-likeness (QED) is 0.759. The van der Waals surface area contributed by atoms with Gasteiger partial charge in [0.1, 0.15) is 0 Å². The molecule has 1 amide bonds. The largest absolute Gasteiger partial charge is 0.494 e. The highest BCUT2D eigenvalue weighted by Gasteiger charge is 2.03. The predicted molar refractivity (Wildman–Crippen MR) is 69.2 cm³/mol. The van der Waals surface area contributed by atoms with E-state index in [2.05, 4.69) is 5.32 Å². The summed E-state index contributed by atoms with van der Waals surface area (Å²) < 4.78 is 18.2. The minimum absolute atomic E-state index is 0.0819. The van der Waals surface area contributed by atoms with Gasteiger partial charge in [-0.3, -0.25) is 4.79 Å². The van der Waals surface area contributed by atoms with E-state index in [0.717, 1.165) is 24.8 Å². The van der Waals surface area contributed by atoms with Gasteiger partial charge in [0.15, 0.2) is 11.6 Å². The normalized spacial score (nSPS) is 10.2. The Morgan fingerprint density at radius 1 is 1.44 bits per heavy atom. The van der Waals surface area contributed by atoms with Crippen LogP contribution in [0.25, 0.3) is 0 Å². The van der Waals surface area contributed by atoms with Crippen LogP contribution in [0.15, 0.2) is 18.2 Å². The highest BCUT2D eigenvalue weighted by Crippen LogP contribution is 2.18. The van der Waals surface area contributed by atoms with Crippen LogP contribution in [-0.2, 0) is 11.2 Å². The number of amides is 1. The molecule has 0 spiro atoms. The van der Waals surface area contributed by atoms with Crippen molar-refractivity contribution in [1.82, 2.24) is 5.32 Å². The average Bonchev–Trinajstić information content (AvgIpc) is 2.35. The topological polar surface area (TPSA) is 38.3 Å². The van der Waals surface area contributed by atoms with Gasteiger partial charge in [0.25, 0.3) is 0 Å². The molecule has 3 nitrogen and oxygen atoms in total. The summed E-state index contributed by atoms with van der Waals surface area (Å²) in [5, 5.41) is 2.83. The third kappa shape index (κ3) is 4.73. The lowest BCUT2D eigenvalue weighted by molar-refractivity contribution is -0.121. The summed E-state index contributed by atoms with van der Waals surface area (Å²) in [6.07, 6.45) is 2.97. The number of hydrogen-bond donors (Lipinski definition) is 1. The van der Waals surface area contributed by atoms with Crippen LogP contribution in [0.3, 0.4) is 0 Å². The fraction of sp³-hybridized carbons (Fsp3) is 0.500. The summed E-state index contributed by atoms with van der Waals surface area (Å²) >= 11 is 0. The van der Waals surface area contributed by atoms with E-state index in [1.54, 1.807) is 6.07 Å². The van der Waals surface area contributed by atoms with Crippen molar-refractivity contribution in [3.63, 3.8) is 0 Å². The number of methoxy groups -OCH3 is 1. The molecular formula is C14H20FNO2. The van der Waals surface area contributed by atoms with Crippen molar-refractivity contribution in [2.75, 3.05) is 13.7 Å². The van der Waals surface area contributed by atoms with Crippen LogP contribution in [-0.4, -0.2) is 19.6 Å². The molecule has 0 atom stereocenters. The van der Waals surface area contributed by atoms with E-state index in [9.17, 15) is 9.18 Å². The predicted octanol–water partition coefficient (Wildman–Crippen LogP) is 2.68. The summed E-state index contributed by atoms with van der Waals surface area (Å²) in [6.45, 7) is 2.60. The Bertz CT molecular complexity index is 393. The molecule has 100 valence electrons. The molecule has 0 aliphatic carbocycles. The van der Waals surface area contributed by atoms with E-state index < -0.39 is 0 Å². The summed E-state index contributed by atoms with van der Waals surface area (Å²) in [4.78, 5) is 11.2. The van der Waals surface area contributed by atoms with E-state index in [1.807, 2.05) is 13.0 Å². The Morgan fingerprint density at radius 2 is 2.22 bits per heavy atom. The van der Waals surface area contributed by atoms with Crippen LogP contribution >= 0.6 is 0 Å². The van der Waals surface area contributed by atoms with E-state index in [4.69, 9.17) is 4.74 Å². The number of rotatable bonds is 7. The maximum atomic E-state index is 13.4. The molecule has 18 heavy (non-hydrogen) atoms. The number of hydrogen-bond acceptors (Lipinski definition) is 2. The van der Waals surface area contributed by atoms with Gasteiger partial charge in [-0.2, -0.15) is 0 Å². The highest BCUT2D eigenvalue weighted by molar-refractivity contribution is 5.75. The Labute approximate surface area is 107 Å². The summed E-state index contributed by atoms with van der Waals surface area (Å²) in [6, 6.07) is 4.95. The van der Waals surface area contributed by atoms with Gasteiger partial charge < -0.3 is 10.1 Å². The number of ether oxygens (including phenoxy) is 1. The number of benzene rings is 1. The van der Waals surface area contributed by atoms with Crippen LogP contribution in [0.5, 0.6) is 5.75 Å². The lowest BCUT2D eigenvalue weighted by Gasteiger charge is -2.06. The van der Waals surface area contributed by atoms with Gasteiger partial charge in [-0.1, -0.05) is 13.0 Å². The second kappa shape index (κ2) is 7.69. The summed E-state index contributed by atoms with van der Waals surface area (Å²) in [5.74, 6) is -0.00145. The Morgan fingerprint density at radius 3 is 2.83 bits per heavy atom. The number of nitrogens with one attached hydrogen (secondary N) is 1. The Balaban J connectivity index is 2.31. The third-order valence-electron chi connectivity index (χ3n) is 2.66. The first-order chi connectivity index (χ1) is 8.67. The number of carbonyl (C=O) groups is 1. The molecule has 0 unspecified atom stereocenters. The first-order valence-corrected chi connectivity index (χ1v) is 6.26. The third-order valence-corrected chi connectivity index (χ3v) is 2.66. The molecular weight excluding hydrogens is 233 g/mol. The van der Waals surface area contributed by atoms with Crippen molar-refractivity contribution in [2.24, 2.45) is 0 Å². The lowest BCUT2D eigenvalue weighted by atomic mass is 10.1. The molecule has 4 heteroatoms. The van der Waals surface area contributed by atoms with Crippen LogP contribution in [0.2, 0.25) is 0 Å². The average molecular weight is 253 g/mol. The minimum Gasteiger partial charge on any atom is -0.494 e. The van der Waals surface area contributed by atoms with Crippen molar-refractivity contribution in [3.8, 4) is 5.75 Å². The standard InChI is InChI=1S/C14H20FNO2/c1-3-5-14(17)16-9-4-6-11-7-8-13(18-2)12(15)10-11/h7-8,10H,3-6,9H2,1-2H3,(H,16,17). The zero-order chi connectivity index (χ0) is 13.4. The molecule has 0 bridgehead atoms. The maximum Gasteiger partial charge on any atom is 0.219 e. The van der Waals surface area contributed by atoms with E-state index >= 15 is 0 Å². The van der Waals surface area contributed by atoms with Crippen LogP contribution < -0.4 is 10.1 Å². The van der Waals surface area contributed by atoms with Gasteiger partial charge in [0.2, 0.25) is 5.91 Å². The SMILES string of the molecule is CCCC(=O)NCCCc1ccc(OC)c(F)c1. The van der Waals surface area contributed by atoms with E-state index in [0.29, 0.717) is 13.0 Å². The molecule has 0 heterocycles. The lowest BCUT2D eigenvalue weighted by Crippen LogP contribution is -2.24. The van der Waals surface area contributed by atoms with Crippen molar-refractivity contribution in [3.05, 3.63) is 29.6 Å². The fourth-order valence-electron chi connectivity index (χ4n) is 1.70. The van der Waals surface area contributed by atoms with E-state index in [-0.39, 0.29) is 17.5 Å². The first kappa shape index (κ1) is 14.5. The van der Waals surface area contributed by atoms with Crippen molar-refractivity contribution < 1.29 is 13.9 Å². The molecule has 1 aromatic rings. The second-order valence-corrected chi connectivity index (χ2v) is 4.17. The number of halogens is 1. The summed E-state index contributed by atoms with van der Waals surface area (Å²) in [7, 11) is 1.45. The van der Waals surface area contributed by atoms with Crippen LogP contribution in [0, 0.1) is 5.82 Å². The second-order valence-electron chi connectivity index (χ2n) is 4.17. The summed E-state index contributed by atoms with van der Waals surface area (Å²) in [5.41, 5.74) is 0.915. The van der Waals surface area contributed by atoms with Gasteiger partial charge in [-0.15, -0.1) is 0 Å². The number of carbonyl (C=O) groups excluding carboxylic acids is 1. The van der Waals surface area contributed by atoms with Crippen LogP contribution in [0.4, 0.5) is 4.39 Å². The molecule has 0 aromatic heterocycles. The molecule has 0 radical (unpaired) electrons. The van der Waals surface area contributed by atoms with Gasteiger partial charge in [-0.05, 0) is 37.0 Å². The maximum absolute atomic E-state index is 13.4.